The second-order valence-corrected chi connectivity index (χ2v) is 7.57. The highest BCUT2D eigenvalue weighted by Crippen LogP contribution is 2.48. The van der Waals surface area contributed by atoms with Crippen molar-refractivity contribution in [1.29, 1.82) is 0 Å². The molecule has 3 heterocycles. The van der Waals surface area contributed by atoms with E-state index in [0.717, 1.165) is 25.1 Å². The van der Waals surface area contributed by atoms with E-state index in [9.17, 15) is 14.0 Å². The molecule has 3 aliphatic rings. The van der Waals surface area contributed by atoms with Crippen LogP contribution >= 0.6 is 11.6 Å². The molecule has 0 spiro atoms. The molecule has 0 aliphatic carbocycles. The fourth-order valence-electron chi connectivity index (χ4n) is 4.62. The van der Waals surface area contributed by atoms with Crippen LogP contribution in [-0.2, 0) is 9.59 Å². The van der Waals surface area contributed by atoms with Gasteiger partial charge in [0.25, 0.3) is 5.91 Å². The summed E-state index contributed by atoms with van der Waals surface area (Å²) in [6.07, 6.45) is 0.934. The molecule has 2 amide bonds. The fraction of sp³-hybridized carbons (Fsp3) is 0.300. The van der Waals surface area contributed by atoms with Gasteiger partial charge >= 0.3 is 0 Å². The number of hydrazine groups is 1. The summed E-state index contributed by atoms with van der Waals surface area (Å²) in [6.45, 7) is 1.53. The van der Waals surface area contributed by atoms with Crippen molar-refractivity contribution in [2.75, 3.05) is 18.0 Å². The van der Waals surface area contributed by atoms with Gasteiger partial charge in [0.1, 0.15) is 11.9 Å². The number of halogens is 2. The first-order valence-electron chi connectivity index (χ1n) is 8.98. The molecule has 0 N–H and O–H groups in total. The fourth-order valence-corrected chi connectivity index (χ4v) is 4.74. The maximum atomic E-state index is 13.4. The Bertz CT molecular complexity index is 918. The zero-order valence-corrected chi connectivity index (χ0v) is 15.1. The van der Waals surface area contributed by atoms with E-state index in [0.29, 0.717) is 10.7 Å². The molecule has 0 radical (unpaired) electrons. The predicted molar refractivity (Wildman–Crippen MR) is 98.4 cm³/mol. The second kappa shape index (κ2) is 6.12. The van der Waals surface area contributed by atoms with E-state index in [-0.39, 0.29) is 23.7 Å². The molecule has 27 heavy (non-hydrogen) atoms. The molecule has 3 saturated heterocycles. The maximum absolute atomic E-state index is 13.4. The number of amides is 2. The first-order valence-corrected chi connectivity index (χ1v) is 9.36. The Labute approximate surface area is 160 Å². The van der Waals surface area contributed by atoms with Gasteiger partial charge in [0.2, 0.25) is 5.91 Å². The molecule has 5 rings (SSSR count). The summed E-state index contributed by atoms with van der Waals surface area (Å²) in [6, 6.07) is 12.2. The number of benzene rings is 2. The molecule has 0 aromatic heterocycles. The molecular formula is C20H17ClFN3O2. The third-order valence-electron chi connectivity index (χ3n) is 5.70. The summed E-state index contributed by atoms with van der Waals surface area (Å²) >= 11 is 5.94. The molecule has 7 heteroatoms. The van der Waals surface area contributed by atoms with Crippen LogP contribution in [0.1, 0.15) is 18.0 Å². The first-order chi connectivity index (χ1) is 13.1. The quantitative estimate of drug-likeness (QED) is 0.745. The van der Waals surface area contributed by atoms with Crippen molar-refractivity contribution in [2.24, 2.45) is 5.92 Å². The number of carbonyl (C=O) groups excluding carboxylic acids is 2. The third kappa shape index (κ3) is 2.44. The molecule has 2 aromatic carbocycles. The Hall–Kier alpha value is -2.28. The van der Waals surface area contributed by atoms with E-state index in [1.807, 2.05) is 5.01 Å². The number of nitrogens with zero attached hydrogens (tertiary/aromatic N) is 3. The zero-order chi connectivity index (χ0) is 18.7. The lowest BCUT2D eigenvalue weighted by atomic mass is 9.90. The summed E-state index contributed by atoms with van der Waals surface area (Å²) in [5, 5.41) is 4.68. The summed E-state index contributed by atoms with van der Waals surface area (Å²) < 4.78 is 13.4. The average molecular weight is 386 g/mol. The topological polar surface area (TPSA) is 43.9 Å². The lowest BCUT2D eigenvalue weighted by Crippen LogP contribution is -2.44. The summed E-state index contributed by atoms with van der Waals surface area (Å²) in [7, 11) is 0. The molecule has 2 aromatic rings. The van der Waals surface area contributed by atoms with Gasteiger partial charge in [-0.05, 0) is 48.4 Å². The number of hydrogen-bond acceptors (Lipinski definition) is 4. The van der Waals surface area contributed by atoms with Gasteiger partial charge in [-0.3, -0.25) is 9.59 Å². The molecule has 0 unspecified atom stereocenters. The average Bonchev–Trinajstić information content (AvgIpc) is 3.30. The van der Waals surface area contributed by atoms with Gasteiger partial charge in [0.15, 0.2) is 0 Å². The number of anilines is 1. The van der Waals surface area contributed by atoms with E-state index in [1.54, 1.807) is 36.4 Å². The zero-order valence-electron chi connectivity index (χ0n) is 14.4. The van der Waals surface area contributed by atoms with E-state index in [1.165, 1.54) is 17.0 Å². The van der Waals surface area contributed by atoms with Crippen LogP contribution in [0.2, 0.25) is 5.02 Å². The number of rotatable bonds is 2. The van der Waals surface area contributed by atoms with E-state index in [4.69, 9.17) is 11.6 Å². The minimum atomic E-state index is -0.509. The Kier molecular flexibility index (Phi) is 3.82. The summed E-state index contributed by atoms with van der Waals surface area (Å²) in [4.78, 5) is 27.8. The van der Waals surface area contributed by atoms with Crippen LogP contribution < -0.4 is 4.90 Å². The molecule has 3 aliphatic heterocycles. The van der Waals surface area contributed by atoms with Gasteiger partial charge in [0.05, 0.1) is 17.6 Å². The molecule has 3 fully saturated rings. The monoisotopic (exact) mass is 385 g/mol. The van der Waals surface area contributed by atoms with Gasteiger partial charge in [-0.2, -0.15) is 0 Å². The van der Waals surface area contributed by atoms with Crippen LogP contribution in [0.25, 0.3) is 0 Å². The van der Waals surface area contributed by atoms with Crippen LogP contribution in [0.15, 0.2) is 48.5 Å². The van der Waals surface area contributed by atoms with Crippen molar-refractivity contribution in [3.05, 3.63) is 64.9 Å². The highest BCUT2D eigenvalue weighted by atomic mass is 35.5. The first kappa shape index (κ1) is 16.9. The van der Waals surface area contributed by atoms with Crippen molar-refractivity contribution in [1.82, 2.24) is 10.0 Å². The van der Waals surface area contributed by atoms with E-state index >= 15 is 0 Å². The van der Waals surface area contributed by atoms with Crippen molar-refractivity contribution in [3.8, 4) is 0 Å². The minimum absolute atomic E-state index is 0.205. The van der Waals surface area contributed by atoms with Crippen molar-refractivity contribution >= 4 is 29.1 Å². The molecule has 5 nitrogen and oxygen atoms in total. The highest BCUT2D eigenvalue weighted by molar-refractivity contribution is 6.31. The van der Waals surface area contributed by atoms with E-state index in [2.05, 4.69) is 5.01 Å². The van der Waals surface area contributed by atoms with Crippen LogP contribution in [-0.4, -0.2) is 41.0 Å². The van der Waals surface area contributed by atoms with Gasteiger partial charge in [-0.25, -0.2) is 19.3 Å². The summed E-state index contributed by atoms with van der Waals surface area (Å²) in [5.41, 5.74) is 1.39. The molecule has 138 valence electrons. The summed E-state index contributed by atoms with van der Waals surface area (Å²) in [5.74, 6) is -1.23. The maximum Gasteiger partial charge on any atom is 0.253 e. The molecule has 3 atom stereocenters. The van der Waals surface area contributed by atoms with Gasteiger partial charge in [-0.15, -0.1) is 0 Å². The lowest BCUT2D eigenvalue weighted by molar-refractivity contribution is -0.126. The Morgan fingerprint density at radius 2 is 1.48 bits per heavy atom. The van der Waals surface area contributed by atoms with Gasteiger partial charge in [-0.1, -0.05) is 23.7 Å². The number of fused-ring (bicyclic) bond motifs is 3. The van der Waals surface area contributed by atoms with Crippen LogP contribution in [0.5, 0.6) is 0 Å². The number of hydrogen-bond donors (Lipinski definition) is 0. The Morgan fingerprint density at radius 3 is 2.15 bits per heavy atom. The van der Waals surface area contributed by atoms with Crippen molar-refractivity contribution in [2.45, 2.75) is 18.5 Å². The Morgan fingerprint density at radius 1 is 0.852 bits per heavy atom. The minimum Gasteiger partial charge on any atom is -0.274 e. The smallest absolute Gasteiger partial charge is 0.253 e. The standard InChI is InChI=1S/C20H17ClFN3O2/c21-13-4-8-15(9-5-13)25-19(26)16-17(12-2-6-14(22)7-3-12)23-10-1-11-24(23)18(16)20(25)27/h2-9,16-18H,1,10-11H2/t16-,17+,18-/m0/s1. The number of carbonyl (C=O) groups is 2. The highest BCUT2D eigenvalue weighted by Gasteiger charge is 2.62. The third-order valence-corrected chi connectivity index (χ3v) is 5.95. The number of imide groups is 1. The van der Waals surface area contributed by atoms with Gasteiger partial charge < -0.3 is 0 Å². The second-order valence-electron chi connectivity index (χ2n) is 7.14. The lowest BCUT2D eigenvalue weighted by Gasteiger charge is -2.29. The molecular weight excluding hydrogens is 369 g/mol. The van der Waals surface area contributed by atoms with Crippen molar-refractivity contribution < 1.29 is 14.0 Å². The molecule has 0 saturated carbocycles. The van der Waals surface area contributed by atoms with Crippen LogP contribution in [0, 0.1) is 11.7 Å². The van der Waals surface area contributed by atoms with Crippen LogP contribution in [0.3, 0.4) is 0 Å². The SMILES string of the molecule is O=C1[C@@H]2[C@@H](C(=O)N1c1ccc(Cl)cc1)N1CCCN1[C@@H]2c1ccc(F)cc1. The van der Waals surface area contributed by atoms with Gasteiger partial charge in [0, 0.05) is 18.1 Å². The normalized spacial score (nSPS) is 28.1. The van der Waals surface area contributed by atoms with Crippen molar-refractivity contribution in [3.63, 3.8) is 0 Å². The largest absolute Gasteiger partial charge is 0.274 e. The van der Waals surface area contributed by atoms with Crippen LogP contribution in [0.4, 0.5) is 10.1 Å². The predicted octanol–water partition coefficient (Wildman–Crippen LogP) is 3.01. The molecule has 0 bridgehead atoms. The Balaban J connectivity index is 1.57. The van der Waals surface area contributed by atoms with E-state index < -0.39 is 12.0 Å².